The molecule has 2 heterocycles. The molecule has 2 rings (SSSR count). The van der Waals surface area contributed by atoms with E-state index in [1.54, 1.807) is 19.5 Å². The van der Waals surface area contributed by atoms with Gasteiger partial charge < -0.3 is 9.64 Å². The molecule has 0 aliphatic carbocycles. The molecule has 1 aliphatic rings. The molecule has 1 aromatic rings. The van der Waals surface area contributed by atoms with E-state index in [1.165, 1.54) is 0 Å². The first-order valence-electron chi connectivity index (χ1n) is 5.34. The van der Waals surface area contributed by atoms with Gasteiger partial charge in [0.1, 0.15) is 5.69 Å². The maximum absolute atomic E-state index is 5.24. The van der Waals surface area contributed by atoms with Crippen molar-refractivity contribution in [3.63, 3.8) is 0 Å². The van der Waals surface area contributed by atoms with Crippen molar-refractivity contribution in [2.45, 2.75) is 18.8 Å². The molecule has 0 N–H and O–H groups in total. The maximum atomic E-state index is 5.24. The van der Waals surface area contributed by atoms with E-state index in [9.17, 15) is 0 Å². The van der Waals surface area contributed by atoms with Crippen LogP contribution in [0.3, 0.4) is 0 Å². The number of piperidine rings is 1. The lowest BCUT2D eigenvalue weighted by molar-refractivity contribution is 0.249. The molecule has 1 aromatic heterocycles. The lowest BCUT2D eigenvalue weighted by Crippen LogP contribution is -2.29. The summed E-state index contributed by atoms with van der Waals surface area (Å²) in [5, 5.41) is 0. The summed E-state index contributed by atoms with van der Waals surface area (Å²) in [5.74, 6) is 1.19. The lowest BCUT2D eigenvalue weighted by Gasteiger charge is -2.28. The van der Waals surface area contributed by atoms with Crippen LogP contribution in [-0.4, -0.2) is 42.1 Å². The summed E-state index contributed by atoms with van der Waals surface area (Å²) < 4.78 is 5.24. The topological polar surface area (TPSA) is 38.3 Å². The van der Waals surface area contributed by atoms with Gasteiger partial charge >= 0.3 is 0 Å². The zero-order valence-electron chi connectivity index (χ0n) is 9.31. The fourth-order valence-electron chi connectivity index (χ4n) is 2.06. The van der Waals surface area contributed by atoms with Gasteiger partial charge in [-0.3, -0.25) is 4.98 Å². The predicted molar refractivity (Wildman–Crippen MR) is 58.1 cm³/mol. The highest BCUT2D eigenvalue weighted by Gasteiger charge is 2.22. The quantitative estimate of drug-likeness (QED) is 0.732. The Hall–Kier alpha value is -1.16. The van der Waals surface area contributed by atoms with Crippen LogP contribution in [0.2, 0.25) is 0 Å². The van der Waals surface area contributed by atoms with Crippen molar-refractivity contribution < 1.29 is 4.74 Å². The molecule has 0 radical (unpaired) electrons. The van der Waals surface area contributed by atoms with Gasteiger partial charge in [0.25, 0.3) is 0 Å². The Morgan fingerprint density at radius 3 is 2.60 bits per heavy atom. The van der Waals surface area contributed by atoms with Crippen LogP contribution in [0, 0.1) is 0 Å². The maximum Gasteiger partial charge on any atom is 0.235 e. The molecule has 0 bridgehead atoms. The molecule has 4 heteroatoms. The van der Waals surface area contributed by atoms with Crippen molar-refractivity contribution >= 4 is 0 Å². The number of hydrogen-bond acceptors (Lipinski definition) is 4. The number of hydrogen-bond donors (Lipinski definition) is 0. The van der Waals surface area contributed by atoms with E-state index in [-0.39, 0.29) is 0 Å². The number of aromatic nitrogens is 2. The minimum absolute atomic E-state index is 0.504. The Morgan fingerprint density at radius 1 is 1.27 bits per heavy atom. The molecule has 0 aromatic carbocycles. The lowest BCUT2D eigenvalue weighted by atomic mass is 9.94. The fourth-order valence-corrected chi connectivity index (χ4v) is 2.06. The Labute approximate surface area is 90.3 Å². The molecule has 1 aliphatic heterocycles. The van der Waals surface area contributed by atoms with Gasteiger partial charge in [-0.25, -0.2) is 4.98 Å². The third kappa shape index (κ3) is 2.26. The number of ether oxygens (including phenoxy) is 1. The Kier molecular flexibility index (Phi) is 3.16. The zero-order chi connectivity index (χ0) is 10.7. The second-order valence-electron chi connectivity index (χ2n) is 4.03. The van der Waals surface area contributed by atoms with Crippen LogP contribution in [0.1, 0.15) is 24.5 Å². The highest BCUT2D eigenvalue weighted by atomic mass is 16.5. The van der Waals surface area contributed by atoms with Gasteiger partial charge in [0.2, 0.25) is 5.88 Å². The van der Waals surface area contributed by atoms with Crippen molar-refractivity contribution in [1.29, 1.82) is 0 Å². The first-order valence-corrected chi connectivity index (χ1v) is 5.34. The molecular formula is C11H17N3O. The van der Waals surface area contributed by atoms with E-state index in [2.05, 4.69) is 21.9 Å². The number of methoxy groups -OCH3 is 1. The molecule has 1 fully saturated rings. The average Bonchev–Trinajstić information content (AvgIpc) is 2.30. The Bertz CT molecular complexity index is 321. The van der Waals surface area contributed by atoms with Gasteiger partial charge in [-0.2, -0.15) is 0 Å². The first-order chi connectivity index (χ1) is 7.31. The monoisotopic (exact) mass is 207 g/mol. The molecule has 0 atom stereocenters. The Balaban J connectivity index is 2.15. The van der Waals surface area contributed by atoms with Crippen molar-refractivity contribution in [3.05, 3.63) is 18.1 Å². The van der Waals surface area contributed by atoms with Gasteiger partial charge in [0.15, 0.2) is 0 Å². The van der Waals surface area contributed by atoms with Gasteiger partial charge in [-0.05, 0) is 33.0 Å². The summed E-state index contributed by atoms with van der Waals surface area (Å²) in [6.45, 7) is 2.26. The third-order valence-corrected chi connectivity index (χ3v) is 2.99. The van der Waals surface area contributed by atoms with Crippen LogP contribution >= 0.6 is 0 Å². The number of likely N-dealkylation sites (tertiary alicyclic amines) is 1. The molecule has 0 spiro atoms. The smallest absolute Gasteiger partial charge is 0.235 e. The largest absolute Gasteiger partial charge is 0.480 e. The standard InChI is InChI=1S/C11H17N3O/c1-14-7-3-9(4-8-14)10-11(15-2)13-6-5-12-10/h5-6,9H,3-4,7-8H2,1-2H3. The average molecular weight is 207 g/mol. The second-order valence-corrected chi connectivity index (χ2v) is 4.03. The molecule has 4 nitrogen and oxygen atoms in total. The molecule has 0 saturated carbocycles. The van der Waals surface area contributed by atoms with Crippen LogP contribution in [0.5, 0.6) is 5.88 Å². The molecule has 82 valence electrons. The van der Waals surface area contributed by atoms with Crippen LogP contribution in [0.25, 0.3) is 0 Å². The summed E-state index contributed by atoms with van der Waals surface area (Å²) >= 11 is 0. The van der Waals surface area contributed by atoms with E-state index in [0.29, 0.717) is 11.8 Å². The predicted octanol–water partition coefficient (Wildman–Crippen LogP) is 1.29. The number of rotatable bonds is 2. The van der Waals surface area contributed by atoms with Crippen molar-refractivity contribution in [1.82, 2.24) is 14.9 Å². The Morgan fingerprint density at radius 2 is 1.93 bits per heavy atom. The summed E-state index contributed by atoms with van der Waals surface area (Å²) in [4.78, 5) is 10.9. The summed E-state index contributed by atoms with van der Waals surface area (Å²) in [6, 6.07) is 0. The normalized spacial score (nSPS) is 19.1. The summed E-state index contributed by atoms with van der Waals surface area (Å²) in [7, 11) is 3.81. The van der Waals surface area contributed by atoms with E-state index in [1.807, 2.05) is 0 Å². The van der Waals surface area contributed by atoms with Crippen molar-refractivity contribution in [2.75, 3.05) is 27.2 Å². The van der Waals surface area contributed by atoms with E-state index >= 15 is 0 Å². The van der Waals surface area contributed by atoms with E-state index in [4.69, 9.17) is 4.74 Å². The second kappa shape index (κ2) is 4.57. The van der Waals surface area contributed by atoms with E-state index < -0.39 is 0 Å². The zero-order valence-corrected chi connectivity index (χ0v) is 9.31. The van der Waals surface area contributed by atoms with Gasteiger partial charge in [0.05, 0.1) is 7.11 Å². The van der Waals surface area contributed by atoms with Crippen molar-refractivity contribution in [3.8, 4) is 5.88 Å². The molecular weight excluding hydrogens is 190 g/mol. The van der Waals surface area contributed by atoms with Gasteiger partial charge in [-0.1, -0.05) is 0 Å². The minimum Gasteiger partial charge on any atom is -0.480 e. The summed E-state index contributed by atoms with van der Waals surface area (Å²) in [5.41, 5.74) is 1.02. The molecule has 0 amide bonds. The SMILES string of the molecule is COc1nccnc1C1CCN(C)CC1. The fraction of sp³-hybridized carbons (Fsp3) is 0.636. The minimum atomic E-state index is 0.504. The highest BCUT2D eigenvalue weighted by molar-refractivity contribution is 5.22. The molecule has 15 heavy (non-hydrogen) atoms. The highest BCUT2D eigenvalue weighted by Crippen LogP contribution is 2.30. The van der Waals surface area contributed by atoms with E-state index in [0.717, 1.165) is 31.6 Å². The van der Waals surface area contributed by atoms with Crippen LogP contribution in [0.4, 0.5) is 0 Å². The van der Waals surface area contributed by atoms with Crippen LogP contribution in [-0.2, 0) is 0 Å². The van der Waals surface area contributed by atoms with Crippen molar-refractivity contribution in [2.24, 2.45) is 0 Å². The van der Waals surface area contributed by atoms with Crippen LogP contribution < -0.4 is 4.74 Å². The molecule has 1 saturated heterocycles. The number of nitrogens with zero attached hydrogens (tertiary/aromatic N) is 3. The van der Waals surface area contributed by atoms with Gasteiger partial charge in [0, 0.05) is 18.3 Å². The third-order valence-electron chi connectivity index (χ3n) is 2.99. The van der Waals surface area contributed by atoms with Crippen LogP contribution in [0.15, 0.2) is 12.4 Å². The first kappa shape index (κ1) is 10.4. The summed E-state index contributed by atoms with van der Waals surface area (Å²) in [6.07, 6.45) is 5.71. The van der Waals surface area contributed by atoms with Gasteiger partial charge in [-0.15, -0.1) is 0 Å². The molecule has 0 unspecified atom stereocenters.